The molecule has 1 saturated carbocycles. The van der Waals surface area contributed by atoms with Crippen molar-refractivity contribution in [3.63, 3.8) is 0 Å². The molecule has 4 nitrogen and oxygen atoms in total. The van der Waals surface area contributed by atoms with Gasteiger partial charge in [0.1, 0.15) is 0 Å². The zero-order valence-corrected chi connectivity index (χ0v) is 5.92. The minimum atomic E-state index is -0.106. The first kappa shape index (κ1) is 6.39. The van der Waals surface area contributed by atoms with Crippen LogP contribution in [0.4, 0.5) is 0 Å². The van der Waals surface area contributed by atoms with E-state index >= 15 is 0 Å². The van der Waals surface area contributed by atoms with E-state index in [1.807, 2.05) is 0 Å². The van der Waals surface area contributed by atoms with Crippen LogP contribution in [0.3, 0.4) is 0 Å². The summed E-state index contributed by atoms with van der Waals surface area (Å²) in [6.07, 6.45) is 4.80. The molecular weight excluding hydrogens is 142 g/mol. The molecule has 0 saturated heterocycles. The Morgan fingerprint density at radius 1 is 1.82 bits per heavy atom. The van der Waals surface area contributed by atoms with Crippen LogP contribution >= 0.6 is 0 Å². The summed E-state index contributed by atoms with van der Waals surface area (Å²) in [6.45, 7) is 0. The van der Waals surface area contributed by atoms with Gasteiger partial charge in [0.15, 0.2) is 5.69 Å². The van der Waals surface area contributed by atoms with E-state index in [9.17, 15) is 4.79 Å². The average Bonchev–Trinajstić information content (AvgIpc) is 2.67. The zero-order chi connectivity index (χ0) is 7.68. The van der Waals surface area contributed by atoms with Gasteiger partial charge in [-0.15, -0.1) is 0 Å². The highest BCUT2D eigenvalue weighted by molar-refractivity contribution is 5.92. The van der Waals surface area contributed by atoms with Crippen molar-refractivity contribution in [2.24, 2.45) is 0 Å². The Kier molecular flexibility index (Phi) is 1.38. The summed E-state index contributed by atoms with van der Waals surface area (Å²) in [7, 11) is 0. The number of amides is 1. The summed E-state index contributed by atoms with van der Waals surface area (Å²) in [5.41, 5.74) is 0.414. The first-order valence-electron chi connectivity index (χ1n) is 3.58. The van der Waals surface area contributed by atoms with Gasteiger partial charge in [-0.25, -0.2) is 0 Å². The predicted octanol–water partition coefficient (Wildman–Crippen LogP) is 0.102. The summed E-state index contributed by atoms with van der Waals surface area (Å²) < 4.78 is 0. The Balaban J connectivity index is 1.99. The minimum Gasteiger partial charge on any atom is -0.348 e. The number of hydrogen-bond acceptors (Lipinski definition) is 2. The smallest absolute Gasteiger partial charge is 0.272 e. The lowest BCUT2D eigenvalue weighted by Gasteiger charge is -1.96. The van der Waals surface area contributed by atoms with Gasteiger partial charge in [-0.05, 0) is 18.9 Å². The lowest BCUT2D eigenvalue weighted by Crippen LogP contribution is -2.25. The highest BCUT2D eigenvalue weighted by atomic mass is 16.2. The maximum atomic E-state index is 11.1. The van der Waals surface area contributed by atoms with Crippen molar-refractivity contribution in [3.8, 4) is 0 Å². The van der Waals surface area contributed by atoms with Crippen molar-refractivity contribution in [1.29, 1.82) is 0 Å². The van der Waals surface area contributed by atoms with Gasteiger partial charge in [0, 0.05) is 6.04 Å². The molecule has 0 atom stereocenters. The van der Waals surface area contributed by atoms with Crippen molar-refractivity contribution in [1.82, 2.24) is 15.5 Å². The minimum absolute atomic E-state index is 0.106. The summed E-state index contributed by atoms with van der Waals surface area (Å²) in [4.78, 5) is 11.1. The summed E-state index contributed by atoms with van der Waals surface area (Å²) in [6, 6.07) is 1.93. The number of carbonyl (C=O) groups is 1. The van der Waals surface area contributed by atoms with Crippen LogP contribution in [0.1, 0.15) is 23.3 Å². The second kappa shape index (κ2) is 2.38. The van der Waals surface area contributed by atoms with E-state index in [1.54, 1.807) is 0 Å². The molecule has 1 aliphatic rings. The van der Waals surface area contributed by atoms with E-state index in [4.69, 9.17) is 0 Å². The van der Waals surface area contributed by atoms with E-state index in [0.29, 0.717) is 11.7 Å². The maximum absolute atomic E-state index is 11.1. The number of aromatic nitrogens is 2. The van der Waals surface area contributed by atoms with Crippen molar-refractivity contribution in [2.75, 3.05) is 0 Å². The van der Waals surface area contributed by atoms with Gasteiger partial charge in [0.2, 0.25) is 0 Å². The Bertz CT molecular complexity index is 251. The molecule has 11 heavy (non-hydrogen) atoms. The quantitative estimate of drug-likeness (QED) is 0.628. The first-order chi connectivity index (χ1) is 5.36. The molecule has 4 heteroatoms. The van der Waals surface area contributed by atoms with Crippen LogP contribution in [0.25, 0.3) is 0 Å². The molecule has 2 N–H and O–H groups in total. The van der Waals surface area contributed by atoms with Crippen LogP contribution in [-0.4, -0.2) is 22.1 Å². The number of aromatic amines is 1. The number of H-pyrrole nitrogens is 1. The van der Waals surface area contributed by atoms with Gasteiger partial charge < -0.3 is 5.32 Å². The lowest BCUT2D eigenvalue weighted by molar-refractivity contribution is 0.0946. The number of nitrogens with zero attached hydrogens (tertiary/aromatic N) is 1. The number of nitrogens with one attached hydrogen (secondary N) is 2. The standard InChI is InChI=1S/C7H8N3O/c11-7(9-5-1-2-5)6-3-4-8-10-6/h3,5H,1-2H2,(H,8,10)(H,9,11). The largest absolute Gasteiger partial charge is 0.348 e. The monoisotopic (exact) mass is 150 g/mol. The summed E-state index contributed by atoms with van der Waals surface area (Å²) >= 11 is 0. The zero-order valence-electron chi connectivity index (χ0n) is 5.92. The lowest BCUT2D eigenvalue weighted by atomic mass is 10.4. The number of carbonyl (C=O) groups excluding carboxylic acids is 1. The molecule has 1 fully saturated rings. The summed E-state index contributed by atoms with van der Waals surface area (Å²) in [5, 5.41) is 8.99. The van der Waals surface area contributed by atoms with Crippen molar-refractivity contribution in [2.45, 2.75) is 18.9 Å². The molecule has 0 spiro atoms. The van der Waals surface area contributed by atoms with Gasteiger partial charge in [0.05, 0.1) is 6.20 Å². The van der Waals surface area contributed by atoms with Crippen LogP contribution < -0.4 is 5.32 Å². The molecule has 2 rings (SSSR count). The van der Waals surface area contributed by atoms with Crippen LogP contribution in [0, 0.1) is 6.20 Å². The van der Waals surface area contributed by atoms with E-state index < -0.39 is 0 Å². The molecule has 1 amide bonds. The number of hydrogen-bond donors (Lipinski definition) is 2. The molecule has 1 heterocycles. The summed E-state index contributed by atoms with van der Waals surface area (Å²) in [5.74, 6) is -0.106. The van der Waals surface area contributed by atoms with Crippen molar-refractivity contribution in [3.05, 3.63) is 18.0 Å². The predicted molar refractivity (Wildman–Crippen MR) is 37.9 cm³/mol. The van der Waals surface area contributed by atoms with E-state index in [0.717, 1.165) is 12.8 Å². The van der Waals surface area contributed by atoms with Crippen LogP contribution in [0.15, 0.2) is 6.07 Å². The molecule has 0 aliphatic heterocycles. The van der Waals surface area contributed by atoms with E-state index in [1.165, 1.54) is 6.07 Å². The van der Waals surface area contributed by atoms with Gasteiger partial charge in [-0.3, -0.25) is 9.89 Å². The fourth-order valence-electron chi connectivity index (χ4n) is 0.829. The normalized spacial score (nSPS) is 16.4. The second-order valence-electron chi connectivity index (χ2n) is 2.65. The molecule has 0 aromatic carbocycles. The third kappa shape index (κ3) is 1.39. The molecule has 0 bridgehead atoms. The van der Waals surface area contributed by atoms with Gasteiger partial charge in [-0.2, -0.15) is 5.10 Å². The Hall–Kier alpha value is -1.32. The third-order valence-corrected chi connectivity index (χ3v) is 1.59. The van der Waals surface area contributed by atoms with Gasteiger partial charge >= 0.3 is 0 Å². The van der Waals surface area contributed by atoms with Crippen molar-refractivity contribution < 1.29 is 4.79 Å². The van der Waals surface area contributed by atoms with Crippen molar-refractivity contribution >= 4 is 5.91 Å². The highest BCUT2D eigenvalue weighted by Gasteiger charge is 2.24. The Morgan fingerprint density at radius 2 is 2.64 bits per heavy atom. The Labute approximate surface area is 64.0 Å². The molecule has 1 aromatic heterocycles. The first-order valence-corrected chi connectivity index (χ1v) is 3.58. The van der Waals surface area contributed by atoms with Gasteiger partial charge in [-0.1, -0.05) is 0 Å². The second-order valence-corrected chi connectivity index (χ2v) is 2.65. The van der Waals surface area contributed by atoms with E-state index in [2.05, 4.69) is 21.7 Å². The Morgan fingerprint density at radius 3 is 3.18 bits per heavy atom. The van der Waals surface area contributed by atoms with Crippen LogP contribution in [0.2, 0.25) is 0 Å². The molecule has 1 aliphatic carbocycles. The highest BCUT2D eigenvalue weighted by Crippen LogP contribution is 2.18. The SMILES string of the molecule is O=C(NC1CC1)c1c[c][nH]n1. The molecule has 1 radical (unpaired) electrons. The number of rotatable bonds is 2. The van der Waals surface area contributed by atoms with E-state index in [-0.39, 0.29) is 5.91 Å². The molecular formula is C7H8N3O. The van der Waals surface area contributed by atoms with Crippen LogP contribution in [-0.2, 0) is 0 Å². The average molecular weight is 150 g/mol. The van der Waals surface area contributed by atoms with Crippen LogP contribution in [0.5, 0.6) is 0 Å². The fraction of sp³-hybridized carbons (Fsp3) is 0.429. The molecule has 1 aromatic rings. The molecule has 57 valence electrons. The third-order valence-electron chi connectivity index (χ3n) is 1.59. The van der Waals surface area contributed by atoms with Gasteiger partial charge in [0.25, 0.3) is 5.91 Å². The fourth-order valence-corrected chi connectivity index (χ4v) is 0.829. The topological polar surface area (TPSA) is 57.8 Å². The molecule has 0 unspecified atom stereocenters. The maximum Gasteiger partial charge on any atom is 0.272 e.